The summed E-state index contributed by atoms with van der Waals surface area (Å²) < 4.78 is 1.66. The van der Waals surface area contributed by atoms with Gasteiger partial charge in [0.15, 0.2) is 0 Å². The van der Waals surface area contributed by atoms with Gasteiger partial charge in [0.2, 0.25) is 0 Å². The van der Waals surface area contributed by atoms with E-state index in [0.717, 1.165) is 17.0 Å². The Labute approximate surface area is 93.8 Å². The molecule has 1 atom stereocenters. The van der Waals surface area contributed by atoms with Gasteiger partial charge in [-0.15, -0.1) is 5.10 Å². The topological polar surface area (TPSA) is 63.8 Å². The Bertz CT molecular complexity index is 480. The Hall–Kier alpha value is -1.75. The van der Waals surface area contributed by atoms with Crippen LogP contribution in [-0.2, 0) is 0 Å². The van der Waals surface area contributed by atoms with E-state index in [4.69, 9.17) is 5.11 Å². The molecule has 0 spiro atoms. The second-order valence-electron chi connectivity index (χ2n) is 3.80. The average molecular weight is 218 g/mol. The van der Waals surface area contributed by atoms with E-state index >= 15 is 0 Å². The van der Waals surface area contributed by atoms with Gasteiger partial charge in [-0.3, -0.25) is 4.98 Å². The van der Waals surface area contributed by atoms with Crippen LogP contribution in [0.25, 0.3) is 11.3 Å². The van der Waals surface area contributed by atoms with Crippen molar-refractivity contribution in [2.45, 2.75) is 19.9 Å². The van der Waals surface area contributed by atoms with Gasteiger partial charge in [0.25, 0.3) is 0 Å². The van der Waals surface area contributed by atoms with Crippen molar-refractivity contribution in [3.63, 3.8) is 0 Å². The van der Waals surface area contributed by atoms with Crippen molar-refractivity contribution >= 4 is 0 Å². The molecular weight excluding hydrogens is 204 g/mol. The quantitative estimate of drug-likeness (QED) is 0.840. The third kappa shape index (κ3) is 2.09. The van der Waals surface area contributed by atoms with Gasteiger partial charge in [-0.2, -0.15) is 0 Å². The molecule has 5 heteroatoms. The minimum Gasteiger partial charge on any atom is -0.394 e. The highest BCUT2D eigenvalue weighted by Crippen LogP contribution is 2.17. The summed E-state index contributed by atoms with van der Waals surface area (Å²) in [5.41, 5.74) is 2.73. The standard InChI is InChI=1S/C11H14N4O/c1-8-5-10(3-4-12-8)11-6-15(14-13-11)9(2)7-16/h3-6,9,16H,7H2,1-2H3/t9-/m0/s1. The number of pyridine rings is 1. The number of hydrogen-bond acceptors (Lipinski definition) is 4. The molecular formula is C11H14N4O. The van der Waals surface area contributed by atoms with Gasteiger partial charge >= 0.3 is 0 Å². The summed E-state index contributed by atoms with van der Waals surface area (Å²) in [6.45, 7) is 3.87. The molecule has 1 N–H and O–H groups in total. The van der Waals surface area contributed by atoms with Crippen LogP contribution in [0.15, 0.2) is 24.5 Å². The van der Waals surface area contributed by atoms with Gasteiger partial charge in [-0.05, 0) is 26.0 Å². The van der Waals surface area contributed by atoms with Crippen molar-refractivity contribution in [2.75, 3.05) is 6.61 Å². The first-order chi connectivity index (χ1) is 7.70. The molecule has 2 heterocycles. The van der Waals surface area contributed by atoms with Gasteiger partial charge in [0.05, 0.1) is 18.8 Å². The van der Waals surface area contributed by atoms with Crippen LogP contribution in [0, 0.1) is 6.92 Å². The lowest BCUT2D eigenvalue weighted by molar-refractivity contribution is 0.228. The number of rotatable bonds is 3. The molecule has 0 aliphatic heterocycles. The van der Waals surface area contributed by atoms with Gasteiger partial charge in [0, 0.05) is 17.5 Å². The number of hydrogen-bond donors (Lipinski definition) is 1. The Morgan fingerprint density at radius 1 is 1.50 bits per heavy atom. The van der Waals surface area contributed by atoms with Crippen LogP contribution < -0.4 is 0 Å². The summed E-state index contributed by atoms with van der Waals surface area (Å²) in [5.74, 6) is 0. The predicted molar refractivity (Wildman–Crippen MR) is 59.8 cm³/mol. The van der Waals surface area contributed by atoms with Crippen molar-refractivity contribution < 1.29 is 5.11 Å². The van der Waals surface area contributed by atoms with Crippen molar-refractivity contribution in [2.24, 2.45) is 0 Å². The smallest absolute Gasteiger partial charge is 0.113 e. The number of aliphatic hydroxyl groups is 1. The Balaban J connectivity index is 2.31. The van der Waals surface area contributed by atoms with E-state index in [0.29, 0.717) is 0 Å². The van der Waals surface area contributed by atoms with Crippen LogP contribution in [0.3, 0.4) is 0 Å². The summed E-state index contributed by atoms with van der Waals surface area (Å²) in [5, 5.41) is 17.1. The van der Waals surface area contributed by atoms with Crippen molar-refractivity contribution in [3.8, 4) is 11.3 Å². The molecule has 0 saturated heterocycles. The normalized spacial score (nSPS) is 12.7. The maximum absolute atomic E-state index is 9.01. The monoisotopic (exact) mass is 218 g/mol. The summed E-state index contributed by atoms with van der Waals surface area (Å²) in [7, 11) is 0. The molecule has 2 rings (SSSR count). The summed E-state index contributed by atoms with van der Waals surface area (Å²) in [6.07, 6.45) is 3.58. The third-order valence-electron chi connectivity index (χ3n) is 2.42. The van der Waals surface area contributed by atoms with E-state index in [-0.39, 0.29) is 12.6 Å². The first kappa shape index (κ1) is 10.8. The van der Waals surface area contributed by atoms with E-state index in [1.54, 1.807) is 10.9 Å². The van der Waals surface area contributed by atoms with E-state index in [1.165, 1.54) is 0 Å². The molecule has 2 aromatic rings. The highest BCUT2D eigenvalue weighted by atomic mass is 16.3. The van der Waals surface area contributed by atoms with Crippen LogP contribution >= 0.6 is 0 Å². The minimum absolute atomic E-state index is 0.0517. The molecule has 84 valence electrons. The molecule has 0 amide bonds. The summed E-state index contributed by atoms with van der Waals surface area (Å²) >= 11 is 0. The fourth-order valence-corrected chi connectivity index (χ4v) is 1.41. The third-order valence-corrected chi connectivity index (χ3v) is 2.42. The molecule has 0 aliphatic carbocycles. The molecule has 0 unspecified atom stereocenters. The largest absolute Gasteiger partial charge is 0.394 e. The van der Waals surface area contributed by atoms with Crippen LogP contribution in [0.5, 0.6) is 0 Å². The van der Waals surface area contributed by atoms with E-state index < -0.39 is 0 Å². The molecule has 0 saturated carbocycles. The number of aliphatic hydroxyl groups excluding tert-OH is 1. The first-order valence-corrected chi connectivity index (χ1v) is 5.16. The Morgan fingerprint density at radius 3 is 3.00 bits per heavy atom. The number of nitrogens with zero attached hydrogens (tertiary/aromatic N) is 4. The van der Waals surface area contributed by atoms with Gasteiger partial charge < -0.3 is 5.11 Å². The van der Waals surface area contributed by atoms with Gasteiger partial charge in [-0.25, -0.2) is 4.68 Å². The van der Waals surface area contributed by atoms with E-state index in [1.807, 2.05) is 32.2 Å². The van der Waals surface area contributed by atoms with Crippen LogP contribution in [0.1, 0.15) is 18.7 Å². The molecule has 2 aromatic heterocycles. The molecule has 0 fully saturated rings. The molecule has 16 heavy (non-hydrogen) atoms. The number of aromatic nitrogens is 4. The SMILES string of the molecule is Cc1cc(-c2cn([C@@H](C)CO)nn2)ccn1. The molecule has 0 aliphatic rings. The molecule has 5 nitrogen and oxygen atoms in total. The van der Waals surface area contributed by atoms with Crippen LogP contribution in [0.2, 0.25) is 0 Å². The molecule has 0 radical (unpaired) electrons. The van der Waals surface area contributed by atoms with Crippen molar-refractivity contribution in [1.82, 2.24) is 20.0 Å². The van der Waals surface area contributed by atoms with Crippen LogP contribution in [-0.4, -0.2) is 31.7 Å². The number of aryl methyl sites for hydroxylation is 1. The lowest BCUT2D eigenvalue weighted by Crippen LogP contribution is -2.09. The predicted octanol–water partition coefficient (Wildman–Crippen LogP) is 1.20. The highest BCUT2D eigenvalue weighted by Gasteiger charge is 2.08. The zero-order valence-corrected chi connectivity index (χ0v) is 9.33. The van der Waals surface area contributed by atoms with Gasteiger partial charge in [0.1, 0.15) is 5.69 Å². The Morgan fingerprint density at radius 2 is 2.31 bits per heavy atom. The van der Waals surface area contributed by atoms with E-state index in [2.05, 4.69) is 15.3 Å². The fraction of sp³-hybridized carbons (Fsp3) is 0.364. The molecule has 0 aromatic carbocycles. The van der Waals surface area contributed by atoms with Crippen LogP contribution in [0.4, 0.5) is 0 Å². The zero-order valence-electron chi connectivity index (χ0n) is 9.33. The first-order valence-electron chi connectivity index (χ1n) is 5.16. The second-order valence-corrected chi connectivity index (χ2v) is 3.80. The lowest BCUT2D eigenvalue weighted by atomic mass is 10.2. The maximum Gasteiger partial charge on any atom is 0.113 e. The van der Waals surface area contributed by atoms with Crippen molar-refractivity contribution in [1.29, 1.82) is 0 Å². The maximum atomic E-state index is 9.01. The second kappa shape index (κ2) is 4.40. The van der Waals surface area contributed by atoms with Gasteiger partial charge in [-0.1, -0.05) is 5.21 Å². The zero-order chi connectivity index (χ0) is 11.5. The van der Waals surface area contributed by atoms with E-state index in [9.17, 15) is 0 Å². The molecule has 0 bridgehead atoms. The highest BCUT2D eigenvalue weighted by molar-refractivity contribution is 5.57. The average Bonchev–Trinajstić information content (AvgIpc) is 2.77. The fourth-order valence-electron chi connectivity index (χ4n) is 1.41. The van der Waals surface area contributed by atoms with Crippen molar-refractivity contribution in [3.05, 3.63) is 30.2 Å². The summed E-state index contributed by atoms with van der Waals surface area (Å²) in [4.78, 5) is 4.13. The minimum atomic E-state index is -0.0517. The Kier molecular flexibility index (Phi) is 2.96. The summed E-state index contributed by atoms with van der Waals surface area (Å²) in [6, 6.07) is 3.80. The lowest BCUT2D eigenvalue weighted by Gasteiger charge is -2.05.